The second kappa shape index (κ2) is 8.32. The van der Waals surface area contributed by atoms with Crippen molar-refractivity contribution in [3.63, 3.8) is 0 Å². The van der Waals surface area contributed by atoms with Crippen LogP contribution in [-0.2, 0) is 9.59 Å². The highest BCUT2D eigenvalue weighted by molar-refractivity contribution is 6.07. The number of carbonyl (C=O) groups is 3. The van der Waals surface area contributed by atoms with Crippen molar-refractivity contribution in [3.05, 3.63) is 24.2 Å². The maximum absolute atomic E-state index is 13.0. The van der Waals surface area contributed by atoms with E-state index in [0.717, 1.165) is 0 Å². The molecule has 0 radical (unpaired) electrons. The van der Waals surface area contributed by atoms with Crippen LogP contribution in [0.5, 0.6) is 0 Å². The summed E-state index contributed by atoms with van der Waals surface area (Å²) >= 11 is 0. The van der Waals surface area contributed by atoms with Gasteiger partial charge in [0, 0.05) is 38.1 Å². The number of hydrogen-bond acceptors (Lipinski definition) is 8. The Kier molecular flexibility index (Phi) is 5.67. The van der Waals surface area contributed by atoms with Crippen LogP contribution in [0.3, 0.4) is 0 Å². The number of rotatable bonds is 5. The van der Waals surface area contributed by atoms with Crippen molar-refractivity contribution in [2.75, 3.05) is 31.2 Å². The molecular weight excluding hydrogens is 426 g/mol. The minimum atomic E-state index is -0.875. The number of nitriles is 1. The van der Waals surface area contributed by atoms with Crippen molar-refractivity contribution in [1.82, 2.24) is 35.3 Å². The van der Waals surface area contributed by atoms with Crippen molar-refractivity contribution in [1.29, 1.82) is 5.26 Å². The number of aromatic nitrogens is 3. The maximum atomic E-state index is 13.0. The molecule has 0 aliphatic carbocycles. The number of carbonyl (C=O) groups excluding carboxylic acids is 3. The summed E-state index contributed by atoms with van der Waals surface area (Å²) in [6, 6.07) is 3.19. The number of likely N-dealkylation sites (tertiary alicyclic amines) is 1. The molecule has 2 aliphatic heterocycles. The molecule has 3 N–H and O–H groups in total. The van der Waals surface area contributed by atoms with E-state index >= 15 is 0 Å². The maximum Gasteiger partial charge on any atom is 0.322 e. The Hall–Kier alpha value is -3.72. The quantitative estimate of drug-likeness (QED) is 0.428. The van der Waals surface area contributed by atoms with Gasteiger partial charge in [0.2, 0.25) is 5.78 Å². The van der Waals surface area contributed by atoms with E-state index in [1.807, 2.05) is 11.0 Å². The van der Waals surface area contributed by atoms with Gasteiger partial charge in [-0.15, -0.1) is 0 Å². The summed E-state index contributed by atoms with van der Waals surface area (Å²) in [4.78, 5) is 47.0. The topological polar surface area (TPSA) is 148 Å². The predicted molar refractivity (Wildman–Crippen MR) is 118 cm³/mol. The number of hydrogen-bond donors (Lipinski definition) is 3. The normalized spacial score (nSPS) is 18.1. The van der Waals surface area contributed by atoms with Crippen molar-refractivity contribution in [2.24, 2.45) is 5.41 Å². The highest BCUT2D eigenvalue weighted by atomic mass is 16.2. The standard InChI is InChI=1S/C21H27N9O3/c1-20(2,3)13-30(16-10-14(11-22)24-18-23-6-9-29(16)18)27-15(31)12-28-7-4-21(5-8-28)17(32)25-19(33)26-21/h6,9-10H,4-5,7-8,12-13H2,1-3H3,(H,27,31)(H2,25,26,32,33). The van der Waals surface area contributed by atoms with E-state index in [1.54, 1.807) is 27.9 Å². The van der Waals surface area contributed by atoms with E-state index in [4.69, 9.17) is 0 Å². The Morgan fingerprint density at radius 3 is 2.67 bits per heavy atom. The zero-order valence-corrected chi connectivity index (χ0v) is 18.9. The zero-order valence-electron chi connectivity index (χ0n) is 18.9. The van der Waals surface area contributed by atoms with Crippen molar-refractivity contribution in [2.45, 2.75) is 39.2 Å². The molecule has 0 saturated carbocycles. The summed E-state index contributed by atoms with van der Waals surface area (Å²) in [5.74, 6) is 0.428. The van der Waals surface area contributed by atoms with Crippen LogP contribution in [0.25, 0.3) is 5.78 Å². The molecular formula is C21H27N9O3. The van der Waals surface area contributed by atoms with Crippen LogP contribution in [0.15, 0.2) is 18.5 Å². The Labute approximate surface area is 190 Å². The molecule has 33 heavy (non-hydrogen) atoms. The lowest BCUT2D eigenvalue weighted by Crippen LogP contribution is -2.57. The Balaban J connectivity index is 1.47. The monoisotopic (exact) mass is 453 g/mol. The van der Waals surface area contributed by atoms with E-state index in [-0.39, 0.29) is 29.5 Å². The highest BCUT2D eigenvalue weighted by Gasteiger charge is 2.47. The number of anilines is 1. The van der Waals surface area contributed by atoms with E-state index in [2.05, 4.69) is 46.8 Å². The van der Waals surface area contributed by atoms with Gasteiger partial charge in [-0.05, 0) is 18.3 Å². The summed E-state index contributed by atoms with van der Waals surface area (Å²) in [5.41, 5.74) is 2.13. The summed E-state index contributed by atoms with van der Waals surface area (Å²) < 4.78 is 1.72. The third-order valence-corrected chi connectivity index (χ3v) is 5.73. The third kappa shape index (κ3) is 4.73. The second-order valence-corrected chi connectivity index (χ2v) is 9.66. The van der Waals surface area contributed by atoms with Crippen LogP contribution in [0.4, 0.5) is 10.6 Å². The lowest BCUT2D eigenvalue weighted by Gasteiger charge is -2.37. The first-order valence-corrected chi connectivity index (χ1v) is 10.8. The predicted octanol–water partition coefficient (Wildman–Crippen LogP) is 0.159. The molecule has 0 unspecified atom stereocenters. The van der Waals surface area contributed by atoms with Gasteiger partial charge in [0.1, 0.15) is 23.1 Å². The summed E-state index contributed by atoms with van der Waals surface area (Å²) in [5, 5.41) is 16.1. The third-order valence-electron chi connectivity index (χ3n) is 5.73. The Morgan fingerprint density at radius 1 is 1.33 bits per heavy atom. The fourth-order valence-corrected chi connectivity index (χ4v) is 4.17. The molecule has 12 heteroatoms. The minimum Gasteiger partial charge on any atom is -0.323 e. The van der Waals surface area contributed by atoms with Crippen LogP contribution in [0, 0.1) is 16.7 Å². The fourth-order valence-electron chi connectivity index (χ4n) is 4.17. The van der Waals surface area contributed by atoms with E-state index < -0.39 is 11.6 Å². The van der Waals surface area contributed by atoms with Crippen LogP contribution < -0.4 is 21.1 Å². The molecule has 4 amide bonds. The van der Waals surface area contributed by atoms with Crippen molar-refractivity contribution < 1.29 is 14.4 Å². The van der Waals surface area contributed by atoms with Crippen molar-refractivity contribution in [3.8, 4) is 6.07 Å². The molecule has 0 bridgehead atoms. The first-order valence-electron chi connectivity index (χ1n) is 10.8. The number of nitrogens with one attached hydrogen (secondary N) is 3. The van der Waals surface area contributed by atoms with Crippen LogP contribution >= 0.6 is 0 Å². The Bertz CT molecular complexity index is 1140. The number of imidazole rings is 1. The average Bonchev–Trinajstić information content (AvgIpc) is 3.31. The van der Waals surface area contributed by atoms with E-state index in [9.17, 15) is 19.6 Å². The summed E-state index contributed by atoms with van der Waals surface area (Å²) in [6.45, 7) is 7.77. The number of urea groups is 1. The number of amides is 4. The molecule has 1 spiro atoms. The first kappa shape index (κ1) is 22.5. The summed E-state index contributed by atoms with van der Waals surface area (Å²) in [6.07, 6.45) is 4.20. The largest absolute Gasteiger partial charge is 0.323 e. The van der Waals surface area contributed by atoms with Gasteiger partial charge >= 0.3 is 6.03 Å². The number of nitrogens with zero attached hydrogens (tertiary/aromatic N) is 6. The molecule has 174 valence electrons. The number of piperidine rings is 1. The van der Waals surface area contributed by atoms with Gasteiger partial charge in [-0.2, -0.15) is 5.26 Å². The van der Waals surface area contributed by atoms with Crippen molar-refractivity contribution >= 4 is 29.4 Å². The minimum absolute atomic E-state index is 0.134. The fraction of sp³-hybridized carbons (Fsp3) is 0.524. The van der Waals surface area contributed by atoms with Gasteiger partial charge in [0.05, 0.1) is 6.54 Å². The van der Waals surface area contributed by atoms with Gasteiger partial charge in [-0.3, -0.25) is 34.6 Å². The van der Waals surface area contributed by atoms with Gasteiger partial charge in [0.25, 0.3) is 11.8 Å². The molecule has 0 atom stereocenters. The van der Waals surface area contributed by atoms with Crippen LogP contribution in [0.2, 0.25) is 0 Å². The second-order valence-electron chi connectivity index (χ2n) is 9.66. The highest BCUT2D eigenvalue weighted by Crippen LogP contribution is 2.26. The zero-order chi connectivity index (χ0) is 23.8. The summed E-state index contributed by atoms with van der Waals surface area (Å²) in [7, 11) is 0. The van der Waals surface area contributed by atoms with Gasteiger partial charge in [-0.25, -0.2) is 14.8 Å². The molecule has 4 rings (SSSR count). The SMILES string of the molecule is CC(C)(C)CN(NC(=O)CN1CCC2(CC1)NC(=O)NC2=O)c1cc(C#N)nc2nccn12. The molecule has 2 aliphatic rings. The molecule has 2 aromatic rings. The number of hydrazine groups is 1. The van der Waals surface area contributed by atoms with Crippen LogP contribution in [-0.4, -0.2) is 68.8 Å². The molecule has 12 nitrogen and oxygen atoms in total. The number of imide groups is 1. The molecule has 4 heterocycles. The first-order chi connectivity index (χ1) is 15.6. The van der Waals surface area contributed by atoms with E-state index in [0.29, 0.717) is 44.1 Å². The smallest absolute Gasteiger partial charge is 0.322 e. The lowest BCUT2D eigenvalue weighted by atomic mass is 9.88. The molecule has 2 saturated heterocycles. The number of fused-ring (bicyclic) bond motifs is 1. The molecule has 2 aromatic heterocycles. The van der Waals surface area contributed by atoms with Crippen LogP contribution in [0.1, 0.15) is 39.3 Å². The van der Waals surface area contributed by atoms with E-state index in [1.165, 1.54) is 0 Å². The van der Waals surface area contributed by atoms with Gasteiger partial charge in [-0.1, -0.05) is 20.8 Å². The van der Waals surface area contributed by atoms with Gasteiger partial charge < -0.3 is 5.32 Å². The van der Waals surface area contributed by atoms with Gasteiger partial charge in [0.15, 0.2) is 0 Å². The average molecular weight is 454 g/mol. The molecule has 0 aromatic carbocycles. The molecule has 2 fully saturated rings. The lowest BCUT2D eigenvalue weighted by molar-refractivity contribution is -0.126. The Morgan fingerprint density at radius 2 is 2.06 bits per heavy atom.